The number of benzene rings is 1. The highest BCUT2D eigenvalue weighted by atomic mass is 79.9. The number of carbonyl (C=O) groups excluding carboxylic acids is 1. The van der Waals surface area contributed by atoms with Gasteiger partial charge in [-0.05, 0) is 53.9 Å². The molecule has 0 aliphatic rings. The second-order valence-corrected chi connectivity index (χ2v) is 5.86. The minimum Gasteiger partial charge on any atom is -0.456 e. The van der Waals surface area contributed by atoms with Gasteiger partial charge in [-0.3, -0.25) is 4.68 Å². The minimum absolute atomic E-state index is 0.157. The second-order valence-electron chi connectivity index (χ2n) is 5.07. The van der Waals surface area contributed by atoms with E-state index in [9.17, 15) is 4.79 Å². The number of nitrogens with two attached hydrogens (primary N) is 1. The van der Waals surface area contributed by atoms with Gasteiger partial charge >= 0.3 is 5.97 Å². The van der Waals surface area contributed by atoms with Crippen LogP contribution in [0, 0.1) is 20.8 Å². The zero-order valence-electron chi connectivity index (χ0n) is 12.5. The molecule has 0 spiro atoms. The molecule has 1 heterocycles. The van der Waals surface area contributed by atoms with Crippen LogP contribution in [0.15, 0.2) is 16.6 Å². The average molecular weight is 352 g/mol. The van der Waals surface area contributed by atoms with Gasteiger partial charge in [0.15, 0.2) is 0 Å². The lowest BCUT2D eigenvalue weighted by molar-refractivity contribution is 0.0462. The SMILES string of the molecule is Cc1cc(C)c(C(=O)OCc2c(Br)c(C)nn2C)cc1N. The Morgan fingerprint density at radius 3 is 2.57 bits per heavy atom. The molecular weight excluding hydrogens is 334 g/mol. The molecule has 1 aromatic carbocycles. The van der Waals surface area contributed by atoms with Gasteiger partial charge in [0, 0.05) is 12.7 Å². The maximum absolute atomic E-state index is 12.2. The molecule has 0 aliphatic carbocycles. The predicted octanol–water partition coefficient (Wildman–Crippen LogP) is 3.05. The van der Waals surface area contributed by atoms with Crippen molar-refractivity contribution in [1.82, 2.24) is 9.78 Å². The molecule has 21 heavy (non-hydrogen) atoms. The molecule has 0 saturated heterocycles. The summed E-state index contributed by atoms with van der Waals surface area (Å²) in [5.74, 6) is -0.384. The predicted molar refractivity (Wildman–Crippen MR) is 85.1 cm³/mol. The molecule has 112 valence electrons. The van der Waals surface area contributed by atoms with Crippen molar-refractivity contribution in [1.29, 1.82) is 0 Å². The standard InChI is InChI=1S/C15H18BrN3O2/c1-8-5-9(2)12(17)6-11(8)15(20)21-7-13-14(16)10(3)18-19(13)4/h5-6H,7,17H2,1-4H3. The number of aromatic nitrogens is 2. The molecule has 2 aromatic rings. The largest absolute Gasteiger partial charge is 0.456 e. The van der Waals surface area contributed by atoms with E-state index in [-0.39, 0.29) is 12.6 Å². The summed E-state index contributed by atoms with van der Waals surface area (Å²) in [7, 11) is 1.82. The van der Waals surface area contributed by atoms with E-state index in [1.165, 1.54) is 0 Å². The first kappa shape index (κ1) is 15.6. The summed E-state index contributed by atoms with van der Waals surface area (Å²) < 4.78 is 7.94. The molecule has 0 aliphatic heterocycles. The van der Waals surface area contributed by atoms with Gasteiger partial charge in [0.25, 0.3) is 0 Å². The summed E-state index contributed by atoms with van der Waals surface area (Å²) in [6.45, 7) is 5.82. The van der Waals surface area contributed by atoms with E-state index in [1.807, 2.05) is 33.9 Å². The molecule has 6 heteroatoms. The van der Waals surface area contributed by atoms with E-state index < -0.39 is 0 Å². The van der Waals surface area contributed by atoms with Gasteiger partial charge in [0.1, 0.15) is 6.61 Å². The van der Waals surface area contributed by atoms with Crippen LogP contribution < -0.4 is 5.73 Å². The fourth-order valence-electron chi connectivity index (χ4n) is 2.14. The van der Waals surface area contributed by atoms with Crippen LogP contribution in [-0.2, 0) is 18.4 Å². The van der Waals surface area contributed by atoms with Gasteiger partial charge in [0.05, 0.1) is 21.4 Å². The molecule has 0 atom stereocenters. The van der Waals surface area contributed by atoms with Crippen molar-refractivity contribution < 1.29 is 9.53 Å². The first-order valence-corrected chi connectivity index (χ1v) is 7.32. The van der Waals surface area contributed by atoms with Crippen molar-refractivity contribution >= 4 is 27.6 Å². The number of esters is 1. The number of hydrogen-bond acceptors (Lipinski definition) is 4. The van der Waals surface area contributed by atoms with Crippen molar-refractivity contribution in [2.45, 2.75) is 27.4 Å². The normalized spacial score (nSPS) is 10.7. The number of ether oxygens (including phenoxy) is 1. The Hall–Kier alpha value is -1.82. The third kappa shape index (κ3) is 3.10. The van der Waals surface area contributed by atoms with E-state index in [0.717, 1.165) is 27.0 Å². The first-order valence-electron chi connectivity index (χ1n) is 6.53. The van der Waals surface area contributed by atoms with E-state index >= 15 is 0 Å². The van der Waals surface area contributed by atoms with Crippen LogP contribution in [0.4, 0.5) is 5.69 Å². The maximum Gasteiger partial charge on any atom is 0.338 e. The van der Waals surface area contributed by atoms with E-state index in [0.29, 0.717) is 11.3 Å². The summed E-state index contributed by atoms with van der Waals surface area (Å²) >= 11 is 3.45. The highest BCUT2D eigenvalue weighted by Gasteiger charge is 2.16. The lowest BCUT2D eigenvalue weighted by Gasteiger charge is -2.10. The minimum atomic E-state index is -0.384. The molecule has 0 radical (unpaired) electrons. The van der Waals surface area contributed by atoms with E-state index in [1.54, 1.807) is 10.7 Å². The van der Waals surface area contributed by atoms with E-state index in [4.69, 9.17) is 10.5 Å². The van der Waals surface area contributed by atoms with Crippen LogP contribution in [0.2, 0.25) is 0 Å². The zero-order chi connectivity index (χ0) is 15.7. The second kappa shape index (κ2) is 5.89. The van der Waals surface area contributed by atoms with Crippen molar-refractivity contribution in [3.63, 3.8) is 0 Å². The number of hydrogen-bond donors (Lipinski definition) is 1. The summed E-state index contributed by atoms with van der Waals surface area (Å²) in [5, 5.41) is 4.26. The number of carbonyl (C=O) groups is 1. The number of halogens is 1. The van der Waals surface area contributed by atoms with Crippen molar-refractivity contribution in [3.8, 4) is 0 Å². The van der Waals surface area contributed by atoms with Crippen LogP contribution in [-0.4, -0.2) is 15.7 Å². The Morgan fingerprint density at radius 1 is 1.33 bits per heavy atom. The quantitative estimate of drug-likeness (QED) is 0.681. The Bertz CT molecular complexity index is 707. The lowest BCUT2D eigenvalue weighted by Crippen LogP contribution is -2.10. The highest BCUT2D eigenvalue weighted by Crippen LogP contribution is 2.22. The Morgan fingerprint density at radius 2 is 2.00 bits per heavy atom. The van der Waals surface area contributed by atoms with Gasteiger partial charge < -0.3 is 10.5 Å². The van der Waals surface area contributed by atoms with Crippen LogP contribution in [0.3, 0.4) is 0 Å². The number of nitrogen functional groups attached to an aromatic ring is 1. The van der Waals surface area contributed by atoms with Crippen LogP contribution in [0.5, 0.6) is 0 Å². The van der Waals surface area contributed by atoms with Crippen molar-refractivity contribution in [2.24, 2.45) is 7.05 Å². The molecule has 0 fully saturated rings. The Kier molecular flexibility index (Phi) is 4.37. The van der Waals surface area contributed by atoms with Gasteiger partial charge in [-0.2, -0.15) is 5.10 Å². The van der Waals surface area contributed by atoms with Gasteiger partial charge in [-0.15, -0.1) is 0 Å². The first-order chi connectivity index (χ1) is 9.81. The molecule has 2 rings (SSSR count). The van der Waals surface area contributed by atoms with Crippen molar-refractivity contribution in [2.75, 3.05) is 5.73 Å². The van der Waals surface area contributed by atoms with Crippen molar-refractivity contribution in [3.05, 3.63) is 44.7 Å². The molecule has 5 nitrogen and oxygen atoms in total. The van der Waals surface area contributed by atoms with Crippen LogP contribution in [0.25, 0.3) is 0 Å². The van der Waals surface area contributed by atoms with Crippen LogP contribution >= 0.6 is 15.9 Å². The Labute approximate surface area is 132 Å². The fourth-order valence-corrected chi connectivity index (χ4v) is 2.59. The monoisotopic (exact) mass is 351 g/mol. The number of rotatable bonds is 3. The molecule has 0 saturated carbocycles. The summed E-state index contributed by atoms with van der Waals surface area (Å²) in [6, 6.07) is 3.55. The molecular formula is C15H18BrN3O2. The number of nitrogens with zero attached hydrogens (tertiary/aromatic N) is 2. The third-order valence-electron chi connectivity index (χ3n) is 3.43. The molecule has 1 aromatic heterocycles. The van der Waals surface area contributed by atoms with Crippen LogP contribution in [0.1, 0.15) is 32.9 Å². The Balaban J connectivity index is 2.17. The molecule has 0 unspecified atom stereocenters. The summed E-state index contributed by atoms with van der Waals surface area (Å²) in [4.78, 5) is 12.2. The molecule has 0 bridgehead atoms. The summed E-state index contributed by atoms with van der Waals surface area (Å²) in [6.07, 6.45) is 0. The smallest absolute Gasteiger partial charge is 0.338 e. The number of aryl methyl sites for hydroxylation is 4. The topological polar surface area (TPSA) is 70.1 Å². The third-order valence-corrected chi connectivity index (χ3v) is 4.47. The van der Waals surface area contributed by atoms with Gasteiger partial charge in [-0.1, -0.05) is 6.07 Å². The van der Waals surface area contributed by atoms with Gasteiger partial charge in [-0.25, -0.2) is 4.79 Å². The molecule has 0 amide bonds. The van der Waals surface area contributed by atoms with E-state index in [2.05, 4.69) is 21.0 Å². The molecule has 2 N–H and O–H groups in total. The summed E-state index contributed by atoms with van der Waals surface area (Å²) in [5.41, 5.74) is 10.4. The fraction of sp³-hybridized carbons (Fsp3) is 0.333. The average Bonchev–Trinajstić information content (AvgIpc) is 2.65. The lowest BCUT2D eigenvalue weighted by atomic mass is 10.0. The highest BCUT2D eigenvalue weighted by molar-refractivity contribution is 9.10. The maximum atomic E-state index is 12.2. The number of anilines is 1. The van der Waals surface area contributed by atoms with Gasteiger partial charge in [0.2, 0.25) is 0 Å². The zero-order valence-corrected chi connectivity index (χ0v) is 14.1.